The third kappa shape index (κ3) is 1.65. The van der Waals surface area contributed by atoms with E-state index in [4.69, 9.17) is 16.6 Å². The van der Waals surface area contributed by atoms with Crippen molar-refractivity contribution < 1.29 is 4.42 Å². The van der Waals surface area contributed by atoms with Crippen LogP contribution in [0, 0.1) is 11.8 Å². The predicted octanol–water partition coefficient (Wildman–Crippen LogP) is 2.10. The van der Waals surface area contributed by atoms with Gasteiger partial charge in [-0.1, -0.05) is 0 Å². The highest BCUT2D eigenvalue weighted by Gasteiger charge is 2.02. The van der Waals surface area contributed by atoms with Gasteiger partial charge < -0.3 is 4.42 Å². The summed E-state index contributed by atoms with van der Waals surface area (Å²) in [6, 6.07) is 3.70. The third-order valence-electron chi connectivity index (χ3n) is 1.58. The maximum absolute atomic E-state index is 5.14. The summed E-state index contributed by atoms with van der Waals surface area (Å²) in [5.41, 5.74) is 1.79. The van der Waals surface area contributed by atoms with Crippen LogP contribution >= 0.6 is 12.2 Å². The molecule has 4 nitrogen and oxygen atoms in total. The Hall–Kier alpha value is -1.49. The van der Waals surface area contributed by atoms with Crippen LogP contribution in [-0.2, 0) is 0 Å². The molecule has 5 heteroatoms. The van der Waals surface area contributed by atoms with Crippen molar-refractivity contribution >= 4 is 12.2 Å². The molecular formula is C8H7N3OS. The van der Waals surface area contributed by atoms with Gasteiger partial charge in [0.25, 0.3) is 4.84 Å². The van der Waals surface area contributed by atoms with Crippen LogP contribution in [0.1, 0.15) is 5.69 Å². The lowest BCUT2D eigenvalue weighted by Gasteiger charge is -1.94. The van der Waals surface area contributed by atoms with Crippen molar-refractivity contribution in [2.75, 3.05) is 0 Å². The SMILES string of the molecule is Cc1cc(-c2n[nH]c(=S)o2)ccn1. The fourth-order valence-corrected chi connectivity index (χ4v) is 1.16. The van der Waals surface area contributed by atoms with E-state index in [-0.39, 0.29) is 4.84 Å². The van der Waals surface area contributed by atoms with E-state index in [0.717, 1.165) is 11.3 Å². The zero-order valence-electron chi connectivity index (χ0n) is 6.94. The van der Waals surface area contributed by atoms with Crippen molar-refractivity contribution in [1.82, 2.24) is 15.2 Å². The molecule has 0 atom stereocenters. The van der Waals surface area contributed by atoms with E-state index in [1.165, 1.54) is 0 Å². The summed E-state index contributed by atoms with van der Waals surface area (Å²) in [4.78, 5) is 4.35. The van der Waals surface area contributed by atoms with Gasteiger partial charge in [-0.25, -0.2) is 5.10 Å². The highest BCUT2D eigenvalue weighted by atomic mass is 32.1. The Kier molecular flexibility index (Phi) is 1.94. The molecular weight excluding hydrogens is 186 g/mol. The lowest BCUT2D eigenvalue weighted by Crippen LogP contribution is -1.82. The predicted molar refractivity (Wildman–Crippen MR) is 49.7 cm³/mol. The third-order valence-corrected chi connectivity index (χ3v) is 1.76. The van der Waals surface area contributed by atoms with Crippen molar-refractivity contribution in [3.8, 4) is 11.5 Å². The molecule has 0 fully saturated rings. The van der Waals surface area contributed by atoms with Crippen LogP contribution < -0.4 is 0 Å². The first-order valence-corrected chi connectivity index (χ1v) is 4.15. The van der Waals surface area contributed by atoms with Gasteiger partial charge in [-0.3, -0.25) is 4.98 Å². The molecule has 2 heterocycles. The van der Waals surface area contributed by atoms with Gasteiger partial charge in [-0.15, -0.1) is 5.10 Å². The van der Waals surface area contributed by atoms with Gasteiger partial charge >= 0.3 is 0 Å². The maximum atomic E-state index is 5.14. The first kappa shape index (κ1) is 8.12. The number of hydrogen-bond donors (Lipinski definition) is 1. The van der Waals surface area contributed by atoms with Gasteiger partial charge in [0, 0.05) is 17.5 Å². The second-order valence-electron chi connectivity index (χ2n) is 2.60. The minimum atomic E-state index is 0.282. The van der Waals surface area contributed by atoms with Crippen molar-refractivity contribution in [3.63, 3.8) is 0 Å². The summed E-state index contributed by atoms with van der Waals surface area (Å²) in [6.07, 6.45) is 1.71. The van der Waals surface area contributed by atoms with Gasteiger partial charge in [0.15, 0.2) is 0 Å². The quantitative estimate of drug-likeness (QED) is 0.705. The molecule has 0 aliphatic rings. The largest absolute Gasteiger partial charge is 0.409 e. The minimum absolute atomic E-state index is 0.282. The average Bonchev–Trinajstić information content (AvgIpc) is 2.52. The monoisotopic (exact) mass is 193 g/mol. The molecule has 0 aliphatic carbocycles. The maximum Gasteiger partial charge on any atom is 0.284 e. The van der Waals surface area contributed by atoms with Crippen LogP contribution in [-0.4, -0.2) is 15.2 Å². The number of rotatable bonds is 1. The second-order valence-corrected chi connectivity index (χ2v) is 2.97. The zero-order chi connectivity index (χ0) is 9.26. The van der Waals surface area contributed by atoms with Crippen LogP contribution in [0.15, 0.2) is 22.7 Å². The van der Waals surface area contributed by atoms with E-state index >= 15 is 0 Å². The van der Waals surface area contributed by atoms with Crippen LogP contribution in [0.5, 0.6) is 0 Å². The highest BCUT2D eigenvalue weighted by molar-refractivity contribution is 7.71. The smallest absolute Gasteiger partial charge is 0.284 e. The summed E-state index contributed by atoms with van der Waals surface area (Å²) in [6.45, 7) is 1.91. The fraction of sp³-hybridized carbons (Fsp3) is 0.125. The Morgan fingerprint density at radius 1 is 1.54 bits per heavy atom. The lowest BCUT2D eigenvalue weighted by atomic mass is 10.2. The molecule has 0 amide bonds. The van der Waals surface area contributed by atoms with E-state index in [9.17, 15) is 0 Å². The molecule has 0 aromatic carbocycles. The molecule has 0 radical (unpaired) electrons. The molecule has 2 rings (SSSR count). The summed E-state index contributed by atoms with van der Waals surface area (Å²) >= 11 is 4.77. The summed E-state index contributed by atoms with van der Waals surface area (Å²) < 4.78 is 5.14. The van der Waals surface area contributed by atoms with Crippen molar-refractivity contribution in [2.24, 2.45) is 0 Å². The number of H-pyrrole nitrogens is 1. The fourth-order valence-electron chi connectivity index (χ4n) is 1.03. The van der Waals surface area contributed by atoms with Gasteiger partial charge in [0.1, 0.15) is 0 Å². The highest BCUT2D eigenvalue weighted by Crippen LogP contribution is 2.15. The Morgan fingerprint density at radius 3 is 3.00 bits per heavy atom. The number of pyridine rings is 1. The van der Waals surface area contributed by atoms with E-state index in [2.05, 4.69) is 15.2 Å². The molecule has 0 unspecified atom stereocenters. The first-order valence-electron chi connectivity index (χ1n) is 3.74. The van der Waals surface area contributed by atoms with Crippen molar-refractivity contribution in [1.29, 1.82) is 0 Å². The van der Waals surface area contributed by atoms with Gasteiger partial charge in [-0.05, 0) is 31.3 Å². The molecule has 2 aromatic heterocycles. The number of nitrogens with one attached hydrogen (secondary N) is 1. The van der Waals surface area contributed by atoms with Gasteiger partial charge in [-0.2, -0.15) is 0 Å². The van der Waals surface area contributed by atoms with Gasteiger partial charge in [0.2, 0.25) is 5.89 Å². The van der Waals surface area contributed by atoms with Crippen LogP contribution in [0.2, 0.25) is 0 Å². The Balaban J connectivity index is 2.52. The van der Waals surface area contributed by atoms with Crippen molar-refractivity contribution in [3.05, 3.63) is 28.9 Å². The summed E-state index contributed by atoms with van der Waals surface area (Å²) in [7, 11) is 0. The van der Waals surface area contributed by atoms with E-state index in [0.29, 0.717) is 5.89 Å². The molecule has 66 valence electrons. The minimum Gasteiger partial charge on any atom is -0.409 e. The number of aromatic amines is 1. The molecule has 1 N–H and O–H groups in total. The van der Waals surface area contributed by atoms with E-state index < -0.39 is 0 Å². The number of aromatic nitrogens is 3. The summed E-state index contributed by atoms with van der Waals surface area (Å²) in [5, 5.41) is 6.47. The van der Waals surface area contributed by atoms with E-state index in [1.807, 2.05) is 19.1 Å². The number of aryl methyl sites for hydroxylation is 1. The topological polar surface area (TPSA) is 54.7 Å². The Morgan fingerprint density at radius 2 is 2.38 bits per heavy atom. The standard InChI is InChI=1S/C8H7N3OS/c1-5-4-6(2-3-9-5)7-10-11-8(13)12-7/h2-4H,1H3,(H,11,13). The average molecular weight is 193 g/mol. The molecule has 0 spiro atoms. The summed E-state index contributed by atoms with van der Waals surface area (Å²) in [5.74, 6) is 0.496. The van der Waals surface area contributed by atoms with Crippen LogP contribution in [0.4, 0.5) is 0 Å². The lowest BCUT2D eigenvalue weighted by molar-refractivity contribution is 0.552. The Bertz CT molecular complexity index is 474. The molecule has 13 heavy (non-hydrogen) atoms. The van der Waals surface area contributed by atoms with E-state index in [1.54, 1.807) is 6.20 Å². The molecule has 0 saturated heterocycles. The first-order chi connectivity index (χ1) is 6.25. The molecule has 0 aliphatic heterocycles. The van der Waals surface area contributed by atoms with Crippen LogP contribution in [0.25, 0.3) is 11.5 Å². The molecule has 0 saturated carbocycles. The second kappa shape index (κ2) is 3.10. The Labute approximate surface area is 79.6 Å². The number of nitrogens with zero attached hydrogens (tertiary/aromatic N) is 2. The van der Waals surface area contributed by atoms with Crippen LogP contribution in [0.3, 0.4) is 0 Å². The number of hydrogen-bond acceptors (Lipinski definition) is 4. The molecule has 2 aromatic rings. The molecule has 0 bridgehead atoms. The van der Waals surface area contributed by atoms with Crippen molar-refractivity contribution in [2.45, 2.75) is 6.92 Å². The normalized spacial score (nSPS) is 10.2. The van der Waals surface area contributed by atoms with Gasteiger partial charge in [0.05, 0.1) is 0 Å². The zero-order valence-corrected chi connectivity index (χ0v) is 7.76.